The third-order valence-electron chi connectivity index (χ3n) is 5.37. The van der Waals surface area contributed by atoms with E-state index in [4.69, 9.17) is 0 Å². The van der Waals surface area contributed by atoms with Crippen molar-refractivity contribution < 1.29 is 13.6 Å². The molecule has 0 radical (unpaired) electrons. The third-order valence-corrected chi connectivity index (χ3v) is 5.37. The number of fused-ring (bicyclic) bond motifs is 2. The maximum atomic E-state index is 14.9. The van der Waals surface area contributed by atoms with E-state index in [-0.39, 0.29) is 10.9 Å². The number of nitrogens with zero attached hydrogens (tertiary/aromatic N) is 4. The normalized spacial score (nSPS) is 12.7. The number of rotatable bonds is 3. The van der Waals surface area contributed by atoms with E-state index in [0.717, 1.165) is 34.2 Å². The predicted molar refractivity (Wildman–Crippen MR) is 113 cm³/mol. The van der Waals surface area contributed by atoms with Crippen LogP contribution in [0.3, 0.4) is 0 Å². The highest BCUT2D eigenvalue weighted by Crippen LogP contribution is 2.28. The number of benzene rings is 2. The Hall–Kier alpha value is -3.94. The average Bonchev–Trinajstić information content (AvgIpc) is 3.32. The second-order valence-electron chi connectivity index (χ2n) is 7.43. The van der Waals surface area contributed by atoms with Crippen LogP contribution in [0.4, 0.5) is 14.5 Å². The predicted octanol–water partition coefficient (Wildman–Crippen LogP) is 4.16. The molecule has 0 saturated carbocycles. The maximum Gasteiger partial charge on any atom is 0.261 e. The lowest BCUT2D eigenvalue weighted by atomic mass is 9.99. The first-order chi connectivity index (χ1) is 14.9. The highest BCUT2D eigenvalue weighted by atomic mass is 19.1. The van der Waals surface area contributed by atoms with Crippen LogP contribution in [0.25, 0.3) is 10.9 Å². The minimum Gasteiger partial charge on any atom is -0.322 e. The molecule has 1 amide bonds. The number of hydrogen-bond acceptors (Lipinski definition) is 4. The van der Waals surface area contributed by atoms with Gasteiger partial charge < -0.3 is 5.32 Å². The number of nitrogens with one attached hydrogen (secondary N) is 1. The van der Waals surface area contributed by atoms with Crippen molar-refractivity contribution in [3.05, 3.63) is 88.4 Å². The molecule has 0 atom stereocenters. The van der Waals surface area contributed by atoms with Gasteiger partial charge in [-0.3, -0.25) is 19.5 Å². The van der Waals surface area contributed by atoms with Crippen molar-refractivity contribution >= 4 is 28.2 Å². The summed E-state index contributed by atoms with van der Waals surface area (Å²) in [7, 11) is 1.58. The van der Waals surface area contributed by atoms with Crippen molar-refractivity contribution in [1.29, 1.82) is 0 Å². The third kappa shape index (κ3) is 3.16. The van der Waals surface area contributed by atoms with Gasteiger partial charge in [0.15, 0.2) is 0 Å². The fraction of sp³-hybridized carbons (Fsp3) is 0.130. The second-order valence-corrected chi connectivity index (χ2v) is 7.43. The first-order valence-electron chi connectivity index (χ1n) is 9.64. The molecule has 0 bridgehead atoms. The van der Waals surface area contributed by atoms with Crippen LogP contribution in [-0.2, 0) is 13.6 Å². The van der Waals surface area contributed by atoms with E-state index in [9.17, 15) is 13.6 Å². The van der Waals surface area contributed by atoms with Crippen LogP contribution >= 0.6 is 0 Å². The molecule has 31 heavy (non-hydrogen) atoms. The van der Waals surface area contributed by atoms with Gasteiger partial charge in [-0.25, -0.2) is 8.78 Å². The number of aryl methyl sites for hydroxylation is 2. The molecular formula is C23H17F2N5O. The number of pyridine rings is 1. The molecule has 0 unspecified atom stereocenters. The van der Waals surface area contributed by atoms with E-state index < -0.39 is 23.1 Å². The summed E-state index contributed by atoms with van der Waals surface area (Å²) < 4.78 is 30.8. The lowest BCUT2D eigenvalue weighted by Crippen LogP contribution is -2.16. The summed E-state index contributed by atoms with van der Waals surface area (Å²) >= 11 is 0. The summed E-state index contributed by atoms with van der Waals surface area (Å²) in [5.41, 5.74) is 4.53. The van der Waals surface area contributed by atoms with Gasteiger partial charge in [-0.2, -0.15) is 5.10 Å². The van der Waals surface area contributed by atoms with E-state index in [2.05, 4.69) is 20.4 Å². The molecule has 2 aromatic heterocycles. The Morgan fingerprint density at radius 2 is 2.00 bits per heavy atom. The first-order valence-corrected chi connectivity index (χ1v) is 9.64. The molecule has 0 spiro atoms. The van der Waals surface area contributed by atoms with E-state index in [1.807, 2.05) is 25.1 Å². The van der Waals surface area contributed by atoms with Crippen LogP contribution in [0.5, 0.6) is 0 Å². The molecule has 1 N–H and O–H groups in total. The topological polar surface area (TPSA) is 72.2 Å². The number of aromatic nitrogens is 3. The maximum absolute atomic E-state index is 14.9. The molecule has 4 aromatic rings. The number of carbonyl (C=O) groups is 1. The van der Waals surface area contributed by atoms with E-state index in [1.165, 1.54) is 10.9 Å². The van der Waals surface area contributed by atoms with E-state index in [1.54, 1.807) is 25.4 Å². The SMILES string of the molecule is Cc1cc(C2=NCc3ccc(NC(=O)c4c(F)cc5c(cnn5C)c4F)cc32)ccn1. The smallest absolute Gasteiger partial charge is 0.261 e. The Balaban J connectivity index is 1.48. The summed E-state index contributed by atoms with van der Waals surface area (Å²) in [5.74, 6) is -2.74. The lowest BCUT2D eigenvalue weighted by Gasteiger charge is -2.11. The van der Waals surface area contributed by atoms with Gasteiger partial charge in [-0.05, 0) is 36.8 Å². The molecule has 0 saturated heterocycles. The van der Waals surface area contributed by atoms with Crippen molar-refractivity contribution in [3.63, 3.8) is 0 Å². The zero-order valence-electron chi connectivity index (χ0n) is 16.8. The monoisotopic (exact) mass is 417 g/mol. The highest BCUT2D eigenvalue weighted by Gasteiger charge is 2.23. The molecule has 8 heteroatoms. The van der Waals surface area contributed by atoms with Crippen molar-refractivity contribution in [2.24, 2.45) is 12.0 Å². The first kappa shape index (κ1) is 19.0. The Bertz CT molecular complexity index is 1410. The molecule has 1 aliphatic rings. The molecule has 6 nitrogen and oxygen atoms in total. The van der Waals surface area contributed by atoms with Crippen molar-refractivity contribution in [2.45, 2.75) is 13.5 Å². The Labute approximate surface area is 176 Å². The molecular weight excluding hydrogens is 400 g/mol. The minimum absolute atomic E-state index is 0.0884. The van der Waals surface area contributed by atoms with Crippen LogP contribution in [0.1, 0.15) is 32.7 Å². The van der Waals surface area contributed by atoms with Gasteiger partial charge in [0.2, 0.25) is 0 Å². The van der Waals surface area contributed by atoms with Gasteiger partial charge in [0, 0.05) is 41.8 Å². The Morgan fingerprint density at radius 1 is 1.16 bits per heavy atom. The molecule has 0 aliphatic carbocycles. The summed E-state index contributed by atoms with van der Waals surface area (Å²) in [5, 5.41) is 6.62. The van der Waals surface area contributed by atoms with Crippen LogP contribution in [0.2, 0.25) is 0 Å². The fourth-order valence-electron chi connectivity index (χ4n) is 3.82. The average molecular weight is 417 g/mol. The number of halogens is 2. The number of hydrogen-bond donors (Lipinski definition) is 1. The number of aliphatic imine (C=N–C) groups is 1. The van der Waals surface area contributed by atoms with Crippen LogP contribution in [0, 0.1) is 18.6 Å². The van der Waals surface area contributed by atoms with Gasteiger partial charge in [-0.15, -0.1) is 0 Å². The minimum atomic E-state index is -0.943. The van der Waals surface area contributed by atoms with Crippen LogP contribution in [0.15, 0.2) is 53.8 Å². The summed E-state index contributed by atoms with van der Waals surface area (Å²) in [6.07, 6.45) is 2.99. The molecule has 3 heterocycles. The van der Waals surface area contributed by atoms with Gasteiger partial charge in [0.25, 0.3) is 5.91 Å². The van der Waals surface area contributed by atoms with Gasteiger partial charge in [0.05, 0.1) is 29.4 Å². The molecule has 5 rings (SSSR count). The lowest BCUT2D eigenvalue weighted by molar-refractivity contribution is 0.101. The zero-order chi connectivity index (χ0) is 21.7. The van der Waals surface area contributed by atoms with Crippen molar-refractivity contribution in [2.75, 3.05) is 5.32 Å². The molecule has 2 aromatic carbocycles. The molecule has 0 fully saturated rings. The molecule has 1 aliphatic heterocycles. The standard InChI is InChI=1S/C23H17F2N5O/c1-12-7-13(5-6-26-12)22-16-8-15(4-3-14(16)10-27-22)29-23(31)20-18(24)9-19-17(21(20)25)11-28-30(19)2/h3-9,11H,10H2,1-2H3,(H,29,31). The summed E-state index contributed by atoms with van der Waals surface area (Å²) in [6.45, 7) is 2.43. The largest absolute Gasteiger partial charge is 0.322 e. The number of anilines is 1. The Morgan fingerprint density at radius 3 is 2.81 bits per heavy atom. The van der Waals surface area contributed by atoms with Crippen molar-refractivity contribution in [3.8, 4) is 0 Å². The van der Waals surface area contributed by atoms with Crippen LogP contribution in [-0.4, -0.2) is 26.4 Å². The fourth-order valence-corrected chi connectivity index (χ4v) is 3.82. The van der Waals surface area contributed by atoms with E-state index in [0.29, 0.717) is 12.2 Å². The summed E-state index contributed by atoms with van der Waals surface area (Å²) in [4.78, 5) is 21.6. The van der Waals surface area contributed by atoms with Gasteiger partial charge >= 0.3 is 0 Å². The summed E-state index contributed by atoms with van der Waals surface area (Å²) in [6, 6.07) is 10.2. The van der Waals surface area contributed by atoms with Crippen LogP contribution < -0.4 is 5.32 Å². The highest BCUT2D eigenvalue weighted by molar-refractivity contribution is 6.16. The molecule has 154 valence electrons. The quantitative estimate of drug-likeness (QED) is 0.544. The number of amides is 1. The number of carbonyl (C=O) groups excluding carboxylic acids is 1. The van der Waals surface area contributed by atoms with E-state index >= 15 is 0 Å². The second kappa shape index (κ2) is 7.09. The van der Waals surface area contributed by atoms with Crippen molar-refractivity contribution in [1.82, 2.24) is 14.8 Å². The van der Waals surface area contributed by atoms with Gasteiger partial charge in [-0.1, -0.05) is 6.07 Å². The zero-order valence-corrected chi connectivity index (χ0v) is 16.8. The Kier molecular flexibility index (Phi) is 4.35. The van der Waals surface area contributed by atoms with Gasteiger partial charge in [0.1, 0.15) is 17.2 Å².